The average molecular weight is 458 g/mol. The summed E-state index contributed by atoms with van der Waals surface area (Å²) in [6, 6.07) is 32.2. The van der Waals surface area contributed by atoms with E-state index < -0.39 is 0 Å². The maximum absolute atomic E-state index is 6.34. The zero-order valence-electron chi connectivity index (χ0n) is 17.2. The fraction of sp³-hybridized carbons (Fsp3) is 0.0769. The van der Waals surface area contributed by atoms with Crippen molar-refractivity contribution >= 4 is 34.1 Å². The molecule has 0 aliphatic rings. The number of fused-ring (bicyclic) bond motifs is 1. The fourth-order valence-corrected chi connectivity index (χ4v) is 4.80. The molecule has 0 aliphatic carbocycles. The quantitative estimate of drug-likeness (QED) is 0.248. The Morgan fingerprint density at radius 2 is 1.53 bits per heavy atom. The molecule has 0 saturated heterocycles. The summed E-state index contributed by atoms with van der Waals surface area (Å²) in [7, 11) is 0. The lowest BCUT2D eigenvalue weighted by Crippen LogP contribution is -2.06. The second-order valence-corrected chi connectivity index (χ2v) is 8.57. The van der Waals surface area contributed by atoms with Crippen molar-refractivity contribution in [1.29, 1.82) is 0 Å². The Hall–Kier alpha value is -3.28. The topological polar surface area (TPSA) is 39.9 Å². The molecule has 1 heterocycles. The Labute approximate surface area is 195 Å². The Morgan fingerprint density at radius 1 is 0.781 bits per heavy atom. The predicted octanol–water partition coefficient (Wildman–Crippen LogP) is 6.95. The fourth-order valence-electron chi connectivity index (χ4n) is 3.55. The smallest absolute Gasteiger partial charge is 0.196 e. The summed E-state index contributed by atoms with van der Waals surface area (Å²) < 4.78 is 8.26. The van der Waals surface area contributed by atoms with Gasteiger partial charge >= 0.3 is 0 Å². The first kappa shape index (κ1) is 20.6. The molecular weight excluding hydrogens is 438 g/mol. The van der Waals surface area contributed by atoms with Crippen LogP contribution in [0.5, 0.6) is 5.75 Å². The van der Waals surface area contributed by atoms with Gasteiger partial charge in [-0.2, -0.15) is 0 Å². The van der Waals surface area contributed by atoms with E-state index in [0.29, 0.717) is 12.4 Å². The van der Waals surface area contributed by atoms with Crippen LogP contribution in [-0.2, 0) is 12.4 Å². The molecule has 4 nitrogen and oxygen atoms in total. The van der Waals surface area contributed by atoms with Crippen LogP contribution >= 0.6 is 23.4 Å². The van der Waals surface area contributed by atoms with E-state index in [1.54, 1.807) is 11.8 Å². The Morgan fingerprint density at radius 3 is 2.41 bits per heavy atom. The molecule has 0 spiro atoms. The number of benzene rings is 4. The van der Waals surface area contributed by atoms with Crippen molar-refractivity contribution in [3.63, 3.8) is 0 Å². The summed E-state index contributed by atoms with van der Waals surface area (Å²) in [4.78, 5) is 0. The third-order valence-corrected chi connectivity index (χ3v) is 6.48. The number of aromatic nitrogens is 3. The van der Waals surface area contributed by atoms with Gasteiger partial charge in [-0.1, -0.05) is 96.2 Å². The van der Waals surface area contributed by atoms with Crippen LogP contribution < -0.4 is 4.74 Å². The molecule has 0 fully saturated rings. The summed E-state index contributed by atoms with van der Waals surface area (Å²) in [5, 5.41) is 12.7. The third kappa shape index (κ3) is 4.35. The van der Waals surface area contributed by atoms with Crippen molar-refractivity contribution in [2.75, 3.05) is 0 Å². The van der Waals surface area contributed by atoms with Crippen molar-refractivity contribution < 1.29 is 4.74 Å². The molecule has 0 amide bonds. The number of thioether (sulfide) groups is 1. The lowest BCUT2D eigenvalue weighted by molar-refractivity contribution is 0.296. The van der Waals surface area contributed by atoms with Gasteiger partial charge in [-0.3, -0.25) is 4.57 Å². The van der Waals surface area contributed by atoms with Crippen LogP contribution in [0.1, 0.15) is 11.4 Å². The SMILES string of the molecule is Clc1ccccc1CSc1nnc(COc2cccc3ccccc23)n1-c1ccccc1. The first-order valence-electron chi connectivity index (χ1n) is 10.3. The Bertz CT molecular complexity index is 1350. The molecule has 5 rings (SSSR count). The van der Waals surface area contributed by atoms with Gasteiger partial charge in [0.05, 0.1) is 0 Å². The van der Waals surface area contributed by atoms with Crippen LogP contribution in [0.15, 0.2) is 102 Å². The van der Waals surface area contributed by atoms with Crippen molar-refractivity contribution in [1.82, 2.24) is 14.8 Å². The predicted molar refractivity (Wildman–Crippen MR) is 131 cm³/mol. The van der Waals surface area contributed by atoms with Crippen LogP contribution in [0.4, 0.5) is 0 Å². The van der Waals surface area contributed by atoms with Gasteiger partial charge in [-0.15, -0.1) is 10.2 Å². The lowest BCUT2D eigenvalue weighted by atomic mass is 10.1. The molecule has 0 unspecified atom stereocenters. The minimum Gasteiger partial charge on any atom is -0.485 e. The highest BCUT2D eigenvalue weighted by Gasteiger charge is 2.16. The Kier molecular flexibility index (Phi) is 6.10. The first-order valence-corrected chi connectivity index (χ1v) is 11.6. The van der Waals surface area contributed by atoms with Gasteiger partial charge in [-0.25, -0.2) is 0 Å². The van der Waals surface area contributed by atoms with Crippen LogP contribution in [0.2, 0.25) is 5.02 Å². The number of nitrogens with zero attached hydrogens (tertiary/aromatic N) is 3. The van der Waals surface area contributed by atoms with E-state index in [9.17, 15) is 0 Å². The monoisotopic (exact) mass is 457 g/mol. The van der Waals surface area contributed by atoms with Gasteiger partial charge in [-0.05, 0) is 35.2 Å². The van der Waals surface area contributed by atoms with E-state index in [-0.39, 0.29) is 0 Å². The molecular formula is C26H20ClN3OS. The number of rotatable bonds is 7. The second kappa shape index (κ2) is 9.47. The van der Waals surface area contributed by atoms with E-state index in [2.05, 4.69) is 28.4 Å². The Balaban J connectivity index is 1.44. The summed E-state index contributed by atoms with van der Waals surface area (Å²) in [6.45, 7) is 0.308. The number of halogens is 1. The highest BCUT2D eigenvalue weighted by Crippen LogP contribution is 2.29. The van der Waals surface area contributed by atoms with Gasteiger partial charge in [0.15, 0.2) is 11.0 Å². The van der Waals surface area contributed by atoms with Crippen LogP contribution in [0.25, 0.3) is 16.5 Å². The molecule has 0 atom stereocenters. The first-order chi connectivity index (χ1) is 15.8. The summed E-state index contributed by atoms with van der Waals surface area (Å²) >= 11 is 7.95. The van der Waals surface area contributed by atoms with E-state index in [1.807, 2.05) is 83.4 Å². The number of hydrogen-bond acceptors (Lipinski definition) is 4. The molecule has 0 N–H and O–H groups in total. The zero-order chi connectivity index (χ0) is 21.8. The normalized spacial score (nSPS) is 11.0. The number of ether oxygens (including phenoxy) is 1. The van der Waals surface area contributed by atoms with Gasteiger partial charge in [0, 0.05) is 21.8 Å². The van der Waals surface area contributed by atoms with Crippen LogP contribution in [0, 0.1) is 0 Å². The number of para-hydroxylation sites is 1. The second-order valence-electron chi connectivity index (χ2n) is 7.22. The van der Waals surface area contributed by atoms with E-state index in [4.69, 9.17) is 16.3 Å². The van der Waals surface area contributed by atoms with Crippen molar-refractivity contribution in [3.05, 3.63) is 113 Å². The van der Waals surface area contributed by atoms with E-state index >= 15 is 0 Å². The van der Waals surface area contributed by atoms with Gasteiger partial charge in [0.25, 0.3) is 0 Å². The third-order valence-electron chi connectivity index (χ3n) is 5.14. The van der Waals surface area contributed by atoms with Crippen molar-refractivity contribution in [3.8, 4) is 11.4 Å². The standard InChI is InChI=1S/C26H20ClN3OS/c27-23-15-7-5-10-20(23)18-32-26-29-28-25(30(26)21-12-2-1-3-13-21)17-31-24-16-8-11-19-9-4-6-14-22(19)24/h1-16H,17-18H2. The van der Waals surface area contributed by atoms with Gasteiger partial charge in [0.1, 0.15) is 12.4 Å². The molecule has 5 aromatic rings. The molecule has 158 valence electrons. The van der Waals surface area contributed by atoms with Gasteiger partial charge < -0.3 is 4.74 Å². The summed E-state index contributed by atoms with van der Waals surface area (Å²) in [6.07, 6.45) is 0. The molecule has 1 aromatic heterocycles. The highest BCUT2D eigenvalue weighted by molar-refractivity contribution is 7.98. The van der Waals surface area contributed by atoms with E-state index in [1.165, 1.54) is 0 Å². The minimum absolute atomic E-state index is 0.308. The van der Waals surface area contributed by atoms with Gasteiger partial charge in [0.2, 0.25) is 0 Å². The largest absolute Gasteiger partial charge is 0.485 e. The van der Waals surface area contributed by atoms with Crippen molar-refractivity contribution in [2.45, 2.75) is 17.5 Å². The van der Waals surface area contributed by atoms with Crippen LogP contribution in [-0.4, -0.2) is 14.8 Å². The van der Waals surface area contributed by atoms with Crippen molar-refractivity contribution in [2.24, 2.45) is 0 Å². The molecule has 32 heavy (non-hydrogen) atoms. The molecule has 0 saturated carbocycles. The molecule has 0 radical (unpaired) electrons. The lowest BCUT2D eigenvalue weighted by Gasteiger charge is -2.12. The molecule has 4 aromatic carbocycles. The minimum atomic E-state index is 0.308. The van der Waals surface area contributed by atoms with E-state index in [0.717, 1.165) is 43.8 Å². The molecule has 0 bridgehead atoms. The molecule has 6 heteroatoms. The summed E-state index contributed by atoms with van der Waals surface area (Å²) in [5.41, 5.74) is 2.06. The zero-order valence-corrected chi connectivity index (χ0v) is 18.8. The number of hydrogen-bond donors (Lipinski definition) is 0. The maximum atomic E-state index is 6.34. The van der Waals surface area contributed by atoms with Crippen LogP contribution in [0.3, 0.4) is 0 Å². The highest BCUT2D eigenvalue weighted by atomic mass is 35.5. The maximum Gasteiger partial charge on any atom is 0.196 e. The summed E-state index contributed by atoms with van der Waals surface area (Å²) in [5.74, 6) is 2.27. The molecule has 0 aliphatic heterocycles. The average Bonchev–Trinajstić information content (AvgIpc) is 3.25.